The molecule has 3 rings (SSSR count). The van der Waals surface area contributed by atoms with Crippen molar-refractivity contribution in [2.75, 3.05) is 25.9 Å². The molecular formula is C25H31FN6O3. The third-order valence-corrected chi connectivity index (χ3v) is 5.97. The number of carbonyl (C=O) groups is 1. The van der Waals surface area contributed by atoms with E-state index in [-0.39, 0.29) is 11.9 Å². The molecule has 35 heavy (non-hydrogen) atoms. The number of aryl methyl sites for hydroxylation is 2. The summed E-state index contributed by atoms with van der Waals surface area (Å²) in [5, 5.41) is 0. The average Bonchev–Trinajstić information content (AvgIpc) is 3.19. The molecule has 1 aliphatic rings. The van der Waals surface area contributed by atoms with E-state index < -0.39 is 17.8 Å². The summed E-state index contributed by atoms with van der Waals surface area (Å²) in [7, 11) is 1.34. The Bertz CT molecular complexity index is 1190. The van der Waals surface area contributed by atoms with Crippen LogP contribution in [0.3, 0.4) is 0 Å². The first kappa shape index (κ1) is 25.8. The van der Waals surface area contributed by atoms with Crippen molar-refractivity contribution < 1.29 is 18.7 Å². The van der Waals surface area contributed by atoms with Gasteiger partial charge in [-0.2, -0.15) is 0 Å². The largest absolute Gasteiger partial charge is 0.469 e. The number of esters is 1. The third-order valence-electron chi connectivity index (χ3n) is 5.97. The minimum Gasteiger partial charge on any atom is -0.469 e. The molecule has 1 saturated heterocycles. The zero-order valence-electron chi connectivity index (χ0n) is 20.6. The number of rotatable bonds is 7. The molecule has 1 fully saturated rings. The number of benzene rings is 1. The van der Waals surface area contributed by atoms with Gasteiger partial charge in [-0.1, -0.05) is 0 Å². The standard InChI is InChI=1S/C25H31FN6O3/c1-13-7-18(26)8-20(24(13)28)23(15(3)32-11-21(22(27)12-32)25(33)34-6)14(2)31-17(5)35-19-9-29-16(4)30-10-19/h7-10,21-22H,5,11-12,27-28H2,1-4,6H3/b23-15-,31-14-. The predicted molar refractivity (Wildman–Crippen MR) is 133 cm³/mol. The fourth-order valence-corrected chi connectivity index (χ4v) is 4.11. The van der Waals surface area contributed by atoms with Crippen LogP contribution in [-0.2, 0) is 9.53 Å². The van der Waals surface area contributed by atoms with Crippen LogP contribution in [0.1, 0.15) is 30.8 Å². The van der Waals surface area contributed by atoms with Gasteiger partial charge < -0.3 is 25.8 Å². The molecule has 0 bridgehead atoms. The molecule has 0 amide bonds. The van der Waals surface area contributed by atoms with Crippen molar-refractivity contribution in [2.24, 2.45) is 16.6 Å². The normalized spacial score (nSPS) is 18.8. The van der Waals surface area contributed by atoms with Crippen molar-refractivity contribution in [3.05, 3.63) is 65.5 Å². The van der Waals surface area contributed by atoms with Crippen LogP contribution in [0.4, 0.5) is 10.1 Å². The summed E-state index contributed by atoms with van der Waals surface area (Å²) in [5.74, 6) is -0.205. The summed E-state index contributed by atoms with van der Waals surface area (Å²) in [6, 6.07) is 2.32. The maximum atomic E-state index is 14.5. The number of anilines is 1. The second-order valence-corrected chi connectivity index (χ2v) is 8.50. The van der Waals surface area contributed by atoms with Crippen LogP contribution in [0, 0.1) is 25.6 Å². The number of carbonyl (C=O) groups excluding carboxylic acids is 1. The number of allylic oxidation sites excluding steroid dienone is 2. The Morgan fingerprint density at radius 2 is 1.89 bits per heavy atom. The van der Waals surface area contributed by atoms with E-state index in [4.69, 9.17) is 20.9 Å². The van der Waals surface area contributed by atoms with Gasteiger partial charge in [0, 0.05) is 41.7 Å². The first-order valence-electron chi connectivity index (χ1n) is 11.1. The highest BCUT2D eigenvalue weighted by molar-refractivity contribution is 6.25. The molecule has 0 spiro atoms. The first-order valence-corrected chi connectivity index (χ1v) is 11.1. The van der Waals surface area contributed by atoms with Crippen molar-refractivity contribution in [1.82, 2.24) is 14.9 Å². The molecule has 0 radical (unpaired) electrons. The maximum absolute atomic E-state index is 14.5. The van der Waals surface area contributed by atoms with Gasteiger partial charge in [0.15, 0.2) is 5.75 Å². The number of aromatic nitrogens is 2. The molecule has 0 aliphatic carbocycles. The zero-order chi connectivity index (χ0) is 25.9. The van der Waals surface area contributed by atoms with Crippen LogP contribution in [0.15, 0.2) is 47.7 Å². The molecule has 2 unspecified atom stereocenters. The van der Waals surface area contributed by atoms with E-state index in [1.165, 1.54) is 31.6 Å². The van der Waals surface area contributed by atoms with Crippen LogP contribution in [0.2, 0.25) is 0 Å². The fourth-order valence-electron chi connectivity index (χ4n) is 4.11. The molecule has 1 aromatic heterocycles. The maximum Gasteiger partial charge on any atom is 0.312 e. The molecule has 1 aliphatic heterocycles. The number of hydrogen-bond donors (Lipinski definition) is 2. The molecule has 4 N–H and O–H groups in total. The minimum atomic E-state index is -0.486. The Kier molecular flexibility index (Phi) is 7.85. The summed E-state index contributed by atoms with van der Waals surface area (Å²) in [4.78, 5) is 26.8. The number of ether oxygens (including phenoxy) is 2. The molecule has 1 aromatic carbocycles. The van der Waals surface area contributed by atoms with E-state index >= 15 is 0 Å². The van der Waals surface area contributed by atoms with E-state index in [0.717, 1.165) is 5.70 Å². The van der Waals surface area contributed by atoms with Crippen molar-refractivity contribution in [2.45, 2.75) is 33.7 Å². The van der Waals surface area contributed by atoms with E-state index in [9.17, 15) is 9.18 Å². The Labute approximate surface area is 204 Å². The molecule has 2 aromatic rings. The van der Waals surface area contributed by atoms with Crippen molar-refractivity contribution in [3.8, 4) is 5.75 Å². The molecule has 10 heteroatoms. The lowest BCUT2D eigenvalue weighted by Crippen LogP contribution is -2.34. The van der Waals surface area contributed by atoms with Crippen molar-refractivity contribution in [1.29, 1.82) is 0 Å². The van der Waals surface area contributed by atoms with Gasteiger partial charge in [0.05, 0.1) is 31.1 Å². The van der Waals surface area contributed by atoms with Gasteiger partial charge in [-0.05, 0) is 52.0 Å². The quantitative estimate of drug-likeness (QED) is 0.267. The lowest BCUT2D eigenvalue weighted by Gasteiger charge is -2.24. The highest BCUT2D eigenvalue weighted by Gasteiger charge is 2.37. The fraction of sp³-hybridized carbons (Fsp3) is 0.360. The Balaban J connectivity index is 2.05. The molecule has 2 heterocycles. The van der Waals surface area contributed by atoms with Crippen LogP contribution < -0.4 is 16.2 Å². The van der Waals surface area contributed by atoms with E-state index in [1.54, 1.807) is 20.8 Å². The number of likely N-dealkylation sites (tertiary alicyclic amines) is 1. The number of nitrogen functional groups attached to an aromatic ring is 1. The molecule has 2 atom stereocenters. The van der Waals surface area contributed by atoms with Crippen LogP contribution in [-0.4, -0.2) is 52.8 Å². The monoisotopic (exact) mass is 482 g/mol. The van der Waals surface area contributed by atoms with Crippen molar-refractivity contribution in [3.63, 3.8) is 0 Å². The number of nitrogens with zero attached hydrogens (tertiary/aromatic N) is 4. The van der Waals surface area contributed by atoms with Gasteiger partial charge in [-0.25, -0.2) is 19.4 Å². The Morgan fingerprint density at radius 1 is 1.23 bits per heavy atom. The summed E-state index contributed by atoms with van der Waals surface area (Å²) in [6.45, 7) is 11.8. The van der Waals surface area contributed by atoms with Gasteiger partial charge in [0.2, 0.25) is 5.88 Å². The first-order chi connectivity index (χ1) is 16.5. The van der Waals surface area contributed by atoms with Gasteiger partial charge in [-0.3, -0.25) is 4.79 Å². The second-order valence-electron chi connectivity index (χ2n) is 8.50. The van der Waals surface area contributed by atoms with Crippen LogP contribution in [0.5, 0.6) is 5.75 Å². The Hall–Kier alpha value is -3.79. The van der Waals surface area contributed by atoms with Gasteiger partial charge >= 0.3 is 5.97 Å². The number of methoxy groups -OCH3 is 1. The van der Waals surface area contributed by atoms with E-state index in [1.807, 2.05) is 11.8 Å². The average molecular weight is 483 g/mol. The lowest BCUT2D eigenvalue weighted by atomic mass is 9.95. The minimum absolute atomic E-state index is 0.0949. The molecule has 0 saturated carbocycles. The van der Waals surface area contributed by atoms with Crippen LogP contribution in [0.25, 0.3) is 5.57 Å². The highest BCUT2D eigenvalue weighted by Crippen LogP contribution is 2.33. The molecule has 186 valence electrons. The summed E-state index contributed by atoms with van der Waals surface area (Å²) in [5.41, 5.74) is 15.9. The van der Waals surface area contributed by atoms with Gasteiger partial charge in [0.1, 0.15) is 11.6 Å². The van der Waals surface area contributed by atoms with Gasteiger partial charge in [0.25, 0.3) is 0 Å². The Morgan fingerprint density at radius 3 is 2.51 bits per heavy atom. The third kappa shape index (κ3) is 5.83. The van der Waals surface area contributed by atoms with Gasteiger partial charge in [-0.15, -0.1) is 0 Å². The summed E-state index contributed by atoms with van der Waals surface area (Å²) >= 11 is 0. The number of halogens is 1. The smallest absolute Gasteiger partial charge is 0.312 e. The SMILES string of the molecule is C=C(/N=C(C)\C(=C(/C)N1CC(N)C(C(=O)OC)C1)c1cc(F)cc(C)c1N)Oc1cnc(C)nc1. The van der Waals surface area contributed by atoms with Crippen molar-refractivity contribution >= 4 is 22.9 Å². The second kappa shape index (κ2) is 10.6. The highest BCUT2D eigenvalue weighted by atomic mass is 19.1. The summed E-state index contributed by atoms with van der Waals surface area (Å²) < 4.78 is 25.0. The van der Waals surface area contributed by atoms with E-state index in [0.29, 0.717) is 52.8 Å². The van der Waals surface area contributed by atoms with E-state index in [2.05, 4.69) is 21.5 Å². The zero-order valence-corrected chi connectivity index (χ0v) is 20.6. The number of hydrogen-bond acceptors (Lipinski definition) is 9. The molecular weight excluding hydrogens is 451 g/mol. The topological polar surface area (TPSA) is 129 Å². The lowest BCUT2D eigenvalue weighted by molar-refractivity contribution is -0.145. The van der Waals surface area contributed by atoms with Crippen LogP contribution >= 0.6 is 0 Å². The number of nitrogens with two attached hydrogens (primary N) is 2. The molecule has 9 nitrogen and oxygen atoms in total. The predicted octanol–water partition coefficient (Wildman–Crippen LogP) is 2.99. The summed E-state index contributed by atoms with van der Waals surface area (Å²) in [6.07, 6.45) is 3.04. The number of aliphatic imine (C=N–C) groups is 1.